The first-order valence-electron chi connectivity index (χ1n) is 17.4. The van der Waals surface area contributed by atoms with Crippen molar-refractivity contribution in [1.29, 1.82) is 0 Å². The molecule has 0 unspecified atom stereocenters. The van der Waals surface area contributed by atoms with Gasteiger partial charge >= 0.3 is 0 Å². The molecule has 51 heavy (non-hydrogen) atoms. The van der Waals surface area contributed by atoms with E-state index >= 15 is 0 Å². The quantitative estimate of drug-likeness (QED) is 0.170. The Hall–Kier alpha value is -6.42. The molecule has 0 aliphatic carbocycles. The molecule has 0 aliphatic rings. The van der Waals surface area contributed by atoms with Crippen molar-refractivity contribution < 1.29 is 0 Å². The molecule has 9 aromatic carbocycles. The molecule has 2 nitrogen and oxygen atoms in total. The highest BCUT2D eigenvalue weighted by Gasteiger charge is 2.24. The van der Waals surface area contributed by atoms with Crippen molar-refractivity contribution in [2.45, 2.75) is 0 Å². The van der Waals surface area contributed by atoms with Gasteiger partial charge in [0.25, 0.3) is 0 Å². The van der Waals surface area contributed by atoms with Gasteiger partial charge < -0.3 is 9.47 Å². The smallest absolute Gasteiger partial charge is 0.0562 e. The highest BCUT2D eigenvalue weighted by atomic mass is 32.1. The summed E-state index contributed by atoms with van der Waals surface area (Å²) in [6, 6.07) is 66.8. The number of nitrogens with zero attached hydrogens (tertiary/aromatic N) is 2. The van der Waals surface area contributed by atoms with Gasteiger partial charge in [0.2, 0.25) is 0 Å². The maximum absolute atomic E-state index is 2.52. The molecule has 0 radical (unpaired) electrons. The van der Waals surface area contributed by atoms with Crippen molar-refractivity contribution in [2.24, 2.45) is 0 Å². The zero-order valence-electron chi connectivity index (χ0n) is 27.6. The van der Waals surface area contributed by atoms with Gasteiger partial charge in [0.15, 0.2) is 0 Å². The van der Waals surface area contributed by atoms with Crippen LogP contribution in [0, 0.1) is 0 Å². The first-order chi connectivity index (χ1) is 25.3. The second-order valence-electron chi connectivity index (χ2n) is 13.3. The Morgan fingerprint density at radius 1 is 0.373 bits per heavy atom. The van der Waals surface area contributed by atoms with Crippen LogP contribution in [-0.4, -0.2) is 4.57 Å². The Morgan fingerprint density at radius 3 is 1.92 bits per heavy atom. The summed E-state index contributed by atoms with van der Waals surface area (Å²) in [6.45, 7) is 0. The van der Waals surface area contributed by atoms with Crippen LogP contribution in [0.25, 0.3) is 80.0 Å². The van der Waals surface area contributed by atoms with E-state index in [0.717, 1.165) is 22.7 Å². The van der Waals surface area contributed by atoms with E-state index < -0.39 is 0 Å². The van der Waals surface area contributed by atoms with Gasteiger partial charge in [-0.25, -0.2) is 0 Å². The van der Waals surface area contributed by atoms with Crippen LogP contribution in [0.5, 0.6) is 0 Å². The molecule has 0 spiro atoms. The van der Waals surface area contributed by atoms with Crippen molar-refractivity contribution in [3.63, 3.8) is 0 Å². The predicted molar refractivity (Wildman–Crippen MR) is 221 cm³/mol. The molecule has 3 heteroatoms. The number of hydrogen-bond acceptors (Lipinski definition) is 2. The second kappa shape index (κ2) is 11.0. The first kappa shape index (κ1) is 28.4. The summed E-state index contributed by atoms with van der Waals surface area (Å²) in [5.74, 6) is 0. The van der Waals surface area contributed by atoms with Gasteiger partial charge in [-0.3, -0.25) is 0 Å². The molecule has 0 N–H and O–H groups in total. The SMILES string of the molecule is c1ccc(-n2c3ccccc3c3c(N(c4ccc5c(c4)sc4ccccc45)c4cc5ccc6ccccc6c5c5ccccc45)cccc32)cc1. The Labute approximate surface area is 298 Å². The third kappa shape index (κ3) is 4.22. The zero-order valence-corrected chi connectivity index (χ0v) is 28.4. The molecule has 0 saturated heterocycles. The second-order valence-corrected chi connectivity index (χ2v) is 14.4. The van der Waals surface area contributed by atoms with Gasteiger partial charge in [0.1, 0.15) is 0 Å². The molecular weight excluding hydrogens is 637 g/mol. The Morgan fingerprint density at radius 2 is 1.04 bits per heavy atom. The van der Waals surface area contributed by atoms with Gasteiger partial charge in [-0.15, -0.1) is 11.3 Å². The summed E-state index contributed by atoms with van der Waals surface area (Å²) in [7, 11) is 0. The fourth-order valence-electron chi connectivity index (χ4n) is 8.35. The summed E-state index contributed by atoms with van der Waals surface area (Å²) in [5, 5.41) is 12.6. The molecule has 11 aromatic rings. The van der Waals surface area contributed by atoms with Crippen LogP contribution < -0.4 is 4.90 Å². The van der Waals surface area contributed by atoms with Crippen molar-refractivity contribution in [2.75, 3.05) is 4.90 Å². The van der Waals surface area contributed by atoms with E-state index in [1.54, 1.807) is 0 Å². The maximum atomic E-state index is 2.52. The topological polar surface area (TPSA) is 8.17 Å². The van der Waals surface area contributed by atoms with E-state index in [0.29, 0.717) is 0 Å². The van der Waals surface area contributed by atoms with Crippen LogP contribution in [0.4, 0.5) is 17.1 Å². The number of anilines is 3. The van der Waals surface area contributed by atoms with Gasteiger partial charge in [-0.05, 0) is 81.5 Å². The number of benzene rings is 9. The highest BCUT2D eigenvalue weighted by molar-refractivity contribution is 7.25. The number of hydrogen-bond donors (Lipinski definition) is 0. The average molecular weight is 667 g/mol. The molecule has 11 rings (SSSR count). The molecule has 0 bridgehead atoms. The van der Waals surface area contributed by atoms with Crippen molar-refractivity contribution in [3.8, 4) is 5.69 Å². The van der Waals surface area contributed by atoms with Gasteiger partial charge in [0.05, 0.1) is 22.4 Å². The lowest BCUT2D eigenvalue weighted by molar-refractivity contribution is 1.18. The van der Waals surface area contributed by atoms with Crippen LogP contribution in [0.2, 0.25) is 0 Å². The zero-order chi connectivity index (χ0) is 33.5. The van der Waals surface area contributed by atoms with Crippen molar-refractivity contribution >= 4 is 103 Å². The van der Waals surface area contributed by atoms with E-state index in [4.69, 9.17) is 0 Å². The standard InChI is InChI=1S/C48H30N2S/c1-2-14-33(15-3-1)49-41-21-10-8-20-40(41)48-42(49)22-12-23-43(48)50(34-27-28-38-37-18-9-11-24-45(37)51-46(38)30-34)44-29-32-26-25-31-13-4-5-16-35(31)47(32)39-19-7-6-17-36(39)44/h1-30H. The molecular formula is C48H30N2S. The Bertz CT molecular complexity index is 3150. The van der Waals surface area contributed by atoms with Crippen molar-refractivity contribution in [1.82, 2.24) is 4.57 Å². The largest absolute Gasteiger partial charge is 0.309 e. The van der Waals surface area contributed by atoms with Gasteiger partial charge in [-0.1, -0.05) is 127 Å². The number of thiophene rings is 1. The molecule has 0 amide bonds. The molecule has 0 fully saturated rings. The lowest BCUT2D eigenvalue weighted by atomic mass is 9.94. The normalized spacial score (nSPS) is 11.9. The molecule has 0 atom stereocenters. The number of para-hydroxylation sites is 2. The third-order valence-corrected chi connectivity index (χ3v) is 11.7. The summed E-state index contributed by atoms with van der Waals surface area (Å²) >= 11 is 1.87. The lowest BCUT2D eigenvalue weighted by Gasteiger charge is -2.29. The van der Waals surface area contributed by atoms with Gasteiger partial charge in [0, 0.05) is 47.7 Å². The van der Waals surface area contributed by atoms with Crippen LogP contribution in [0.1, 0.15) is 0 Å². The van der Waals surface area contributed by atoms with Crippen LogP contribution >= 0.6 is 11.3 Å². The van der Waals surface area contributed by atoms with Crippen LogP contribution in [0.3, 0.4) is 0 Å². The summed E-state index contributed by atoms with van der Waals surface area (Å²) in [6.07, 6.45) is 0. The van der Waals surface area contributed by atoms with Crippen molar-refractivity contribution in [3.05, 3.63) is 182 Å². The van der Waals surface area contributed by atoms with Crippen LogP contribution in [-0.2, 0) is 0 Å². The fraction of sp³-hybridized carbons (Fsp3) is 0. The molecule has 2 heterocycles. The monoisotopic (exact) mass is 666 g/mol. The molecule has 0 aliphatic heterocycles. The molecule has 238 valence electrons. The first-order valence-corrected chi connectivity index (χ1v) is 18.3. The predicted octanol–water partition coefficient (Wildman–Crippen LogP) is 14.1. The summed E-state index contributed by atoms with van der Waals surface area (Å²) in [4.78, 5) is 2.52. The minimum absolute atomic E-state index is 1.14. The molecule has 2 aromatic heterocycles. The maximum Gasteiger partial charge on any atom is 0.0562 e. The highest BCUT2D eigenvalue weighted by Crippen LogP contribution is 2.49. The Balaban J connectivity index is 1.28. The fourth-order valence-corrected chi connectivity index (χ4v) is 9.49. The van der Waals surface area contributed by atoms with Crippen LogP contribution in [0.15, 0.2) is 182 Å². The average Bonchev–Trinajstić information content (AvgIpc) is 3.74. The number of fused-ring (bicyclic) bond motifs is 11. The van der Waals surface area contributed by atoms with E-state index in [2.05, 4.69) is 191 Å². The summed E-state index contributed by atoms with van der Waals surface area (Å²) in [5.41, 5.74) is 7.00. The van der Waals surface area contributed by atoms with E-state index in [-0.39, 0.29) is 0 Å². The number of aromatic nitrogens is 1. The lowest BCUT2D eigenvalue weighted by Crippen LogP contribution is -2.11. The minimum atomic E-state index is 1.14. The third-order valence-electron chi connectivity index (χ3n) is 10.5. The Kier molecular flexibility index (Phi) is 6.16. The minimum Gasteiger partial charge on any atom is -0.309 e. The van der Waals surface area contributed by atoms with E-state index in [9.17, 15) is 0 Å². The summed E-state index contributed by atoms with van der Waals surface area (Å²) < 4.78 is 5.01. The van der Waals surface area contributed by atoms with Gasteiger partial charge in [-0.2, -0.15) is 0 Å². The molecule has 0 saturated carbocycles. The van der Waals surface area contributed by atoms with E-state index in [1.165, 1.54) is 74.3 Å². The number of rotatable bonds is 4. The van der Waals surface area contributed by atoms with E-state index in [1.807, 2.05) is 11.3 Å².